The van der Waals surface area contributed by atoms with Gasteiger partial charge in [0.1, 0.15) is 0 Å². The van der Waals surface area contributed by atoms with Crippen molar-refractivity contribution in [1.29, 1.82) is 0 Å². The predicted octanol–water partition coefficient (Wildman–Crippen LogP) is 2.19. The van der Waals surface area contributed by atoms with Gasteiger partial charge in [-0.25, -0.2) is 4.79 Å². The van der Waals surface area contributed by atoms with Crippen molar-refractivity contribution < 1.29 is 9.90 Å². The van der Waals surface area contributed by atoms with Crippen LogP contribution < -0.4 is 0 Å². The highest BCUT2D eigenvalue weighted by Gasteiger charge is 1.97. The summed E-state index contributed by atoms with van der Waals surface area (Å²) in [5, 5.41) is 8.35. The maximum absolute atomic E-state index is 10.2. The zero-order valence-corrected chi connectivity index (χ0v) is 8.55. The van der Waals surface area contributed by atoms with Crippen molar-refractivity contribution in [3.05, 3.63) is 33.8 Å². The van der Waals surface area contributed by atoms with E-state index in [9.17, 15) is 4.79 Å². The van der Waals surface area contributed by atoms with Gasteiger partial charge < -0.3 is 5.11 Å². The second-order valence-corrected chi connectivity index (χ2v) is 3.32. The summed E-state index contributed by atoms with van der Waals surface area (Å²) < 4.78 is 0.935. The van der Waals surface area contributed by atoms with E-state index in [0.29, 0.717) is 0 Å². The molecule has 0 unspecified atom stereocenters. The molecule has 0 heterocycles. The van der Waals surface area contributed by atoms with E-state index in [1.807, 2.05) is 19.1 Å². The number of halogens is 1. The van der Waals surface area contributed by atoms with Gasteiger partial charge in [-0.15, -0.1) is 0 Å². The Morgan fingerprint density at radius 2 is 2.23 bits per heavy atom. The van der Waals surface area contributed by atoms with Crippen LogP contribution in [0.1, 0.15) is 11.1 Å². The number of carboxylic acids is 1. The Morgan fingerprint density at radius 1 is 1.54 bits per heavy atom. The predicted molar refractivity (Wildman–Crippen MR) is 53.4 cm³/mol. The van der Waals surface area contributed by atoms with E-state index in [0.717, 1.165) is 15.6 Å². The summed E-state index contributed by atoms with van der Waals surface area (Å²) >= 11 is 3.34. The first-order valence-corrected chi connectivity index (χ1v) is 4.40. The summed E-state index contributed by atoms with van der Waals surface area (Å²) in [6.07, 6.45) is 0. The number of aliphatic carboxylic acids is 1. The van der Waals surface area contributed by atoms with Crippen LogP contribution in [-0.2, 0) is 4.79 Å². The molecule has 0 aliphatic carbocycles. The lowest BCUT2D eigenvalue weighted by atomic mass is 10.1. The van der Waals surface area contributed by atoms with Crippen molar-refractivity contribution >= 4 is 21.9 Å². The molecule has 0 amide bonds. The first-order valence-electron chi connectivity index (χ1n) is 3.61. The minimum atomic E-state index is -1.11. The molecule has 0 aromatic heterocycles. The lowest BCUT2D eigenvalue weighted by Crippen LogP contribution is -1.89. The van der Waals surface area contributed by atoms with Gasteiger partial charge in [0.2, 0.25) is 0 Å². The van der Waals surface area contributed by atoms with Gasteiger partial charge in [-0.3, -0.25) is 0 Å². The molecule has 0 saturated carbocycles. The molecule has 2 nitrogen and oxygen atoms in total. The van der Waals surface area contributed by atoms with Crippen LogP contribution in [-0.4, -0.2) is 11.1 Å². The number of hydrogen-bond acceptors (Lipinski definition) is 1. The summed E-state index contributed by atoms with van der Waals surface area (Å²) in [4.78, 5) is 10.2. The average Bonchev–Trinajstić information content (AvgIpc) is 2.07. The van der Waals surface area contributed by atoms with Gasteiger partial charge in [0.15, 0.2) is 0 Å². The quantitative estimate of drug-likeness (QED) is 0.704. The maximum atomic E-state index is 10.2. The third kappa shape index (κ3) is 2.60. The third-order valence-corrected chi connectivity index (χ3v) is 2.43. The van der Waals surface area contributed by atoms with Crippen LogP contribution >= 0.6 is 15.9 Å². The molecule has 1 aromatic rings. The van der Waals surface area contributed by atoms with Gasteiger partial charge in [0.25, 0.3) is 0 Å². The summed E-state index contributed by atoms with van der Waals surface area (Å²) in [6, 6.07) is 5.50. The highest BCUT2D eigenvalue weighted by atomic mass is 79.9. The molecule has 0 aliphatic rings. The molecule has 0 fully saturated rings. The smallest absolute Gasteiger partial charge is 0.382 e. The number of carboxylic acid groups (broad SMARTS) is 1. The number of benzene rings is 1. The van der Waals surface area contributed by atoms with Crippen molar-refractivity contribution in [2.75, 3.05) is 0 Å². The van der Waals surface area contributed by atoms with E-state index in [1.54, 1.807) is 6.07 Å². The third-order valence-electron chi connectivity index (χ3n) is 1.57. The highest BCUT2D eigenvalue weighted by Crippen LogP contribution is 2.18. The highest BCUT2D eigenvalue weighted by molar-refractivity contribution is 9.10. The normalized spacial score (nSPS) is 8.77. The fraction of sp³-hybridized carbons (Fsp3) is 0.100. The Hall–Kier alpha value is -1.27. The van der Waals surface area contributed by atoms with Crippen LogP contribution in [0.25, 0.3) is 0 Å². The second kappa shape index (κ2) is 4.11. The van der Waals surface area contributed by atoms with Gasteiger partial charge in [-0.1, -0.05) is 27.9 Å². The molecule has 1 rings (SSSR count). The summed E-state index contributed by atoms with van der Waals surface area (Å²) in [6.45, 7) is 1.88. The Morgan fingerprint density at radius 3 is 2.85 bits per heavy atom. The standard InChI is InChI=1S/C10H7BrO2/c1-7-8(5-6-10(12)13)3-2-4-9(7)11/h2-4H,1H3,(H,12,13). The van der Waals surface area contributed by atoms with Crippen LogP contribution in [0.15, 0.2) is 22.7 Å². The molecule has 0 saturated heterocycles. The number of hydrogen-bond donors (Lipinski definition) is 1. The van der Waals surface area contributed by atoms with Crippen LogP contribution in [0.3, 0.4) is 0 Å². The monoisotopic (exact) mass is 238 g/mol. The van der Waals surface area contributed by atoms with E-state index in [2.05, 4.69) is 27.8 Å². The molecule has 0 spiro atoms. The molecule has 0 atom stereocenters. The maximum Gasteiger partial charge on any atom is 0.382 e. The largest absolute Gasteiger partial charge is 0.472 e. The summed E-state index contributed by atoms with van der Waals surface area (Å²) in [5.41, 5.74) is 1.69. The van der Waals surface area contributed by atoms with E-state index < -0.39 is 5.97 Å². The molecular formula is C10H7BrO2. The van der Waals surface area contributed by atoms with Gasteiger partial charge in [-0.05, 0) is 24.6 Å². The SMILES string of the molecule is Cc1c(Br)cccc1C#CC(=O)O. The minimum Gasteiger partial charge on any atom is -0.472 e. The summed E-state index contributed by atoms with van der Waals surface area (Å²) in [7, 11) is 0. The van der Waals surface area contributed by atoms with Crippen molar-refractivity contribution in [2.24, 2.45) is 0 Å². The lowest BCUT2D eigenvalue weighted by Gasteiger charge is -1.98. The first-order chi connectivity index (χ1) is 6.11. The molecule has 0 bridgehead atoms. The zero-order chi connectivity index (χ0) is 9.84. The zero-order valence-electron chi connectivity index (χ0n) is 6.97. The lowest BCUT2D eigenvalue weighted by molar-refractivity contribution is -0.130. The van der Waals surface area contributed by atoms with Crippen LogP contribution in [0.4, 0.5) is 0 Å². The molecular weight excluding hydrogens is 232 g/mol. The van der Waals surface area contributed by atoms with Gasteiger partial charge in [0.05, 0.1) is 0 Å². The van der Waals surface area contributed by atoms with Crippen molar-refractivity contribution in [3.8, 4) is 11.8 Å². The topological polar surface area (TPSA) is 37.3 Å². The molecule has 66 valence electrons. The molecule has 13 heavy (non-hydrogen) atoms. The Bertz CT molecular complexity index is 399. The van der Waals surface area contributed by atoms with Crippen molar-refractivity contribution in [1.82, 2.24) is 0 Å². The van der Waals surface area contributed by atoms with E-state index in [4.69, 9.17) is 5.11 Å². The van der Waals surface area contributed by atoms with E-state index >= 15 is 0 Å². The Balaban J connectivity index is 3.11. The molecule has 0 aliphatic heterocycles. The van der Waals surface area contributed by atoms with Crippen molar-refractivity contribution in [3.63, 3.8) is 0 Å². The number of rotatable bonds is 0. The molecule has 1 N–H and O–H groups in total. The van der Waals surface area contributed by atoms with Crippen molar-refractivity contribution in [2.45, 2.75) is 6.92 Å². The van der Waals surface area contributed by atoms with E-state index in [-0.39, 0.29) is 0 Å². The molecule has 3 heteroatoms. The van der Waals surface area contributed by atoms with Crippen LogP contribution in [0.2, 0.25) is 0 Å². The van der Waals surface area contributed by atoms with Crippen LogP contribution in [0.5, 0.6) is 0 Å². The number of carbonyl (C=O) groups is 1. The fourth-order valence-electron chi connectivity index (χ4n) is 0.864. The molecule has 0 radical (unpaired) electrons. The average molecular weight is 239 g/mol. The minimum absolute atomic E-state index is 0.733. The second-order valence-electron chi connectivity index (χ2n) is 2.47. The van der Waals surface area contributed by atoms with Gasteiger partial charge in [-0.2, -0.15) is 0 Å². The fourth-order valence-corrected chi connectivity index (χ4v) is 1.23. The van der Waals surface area contributed by atoms with Gasteiger partial charge >= 0.3 is 5.97 Å². The Labute approximate surface area is 84.7 Å². The van der Waals surface area contributed by atoms with Crippen LogP contribution in [0, 0.1) is 18.8 Å². The summed E-state index contributed by atoms with van der Waals surface area (Å²) in [5.74, 6) is 3.54. The van der Waals surface area contributed by atoms with E-state index in [1.165, 1.54) is 0 Å². The van der Waals surface area contributed by atoms with Gasteiger partial charge in [0, 0.05) is 16.0 Å². The molecule has 1 aromatic carbocycles. The first kappa shape index (κ1) is 9.82. The Kier molecular flexibility index (Phi) is 3.10.